The maximum Gasteiger partial charge on any atom is 0.254 e. The minimum atomic E-state index is -0.101. The van der Waals surface area contributed by atoms with E-state index in [1.165, 1.54) is 0 Å². The molecule has 4 aromatic rings. The highest BCUT2D eigenvalue weighted by Crippen LogP contribution is 2.32. The lowest BCUT2D eigenvalue weighted by Crippen LogP contribution is -2.31. The van der Waals surface area contributed by atoms with E-state index in [9.17, 15) is 4.79 Å². The third kappa shape index (κ3) is 2.75. The standard InChI is InChI=1S/C19H17N7O/c27-19(13-8-9-14-15(11-13)22-25-21-14)26-10-4-7-16(26)18-20-17(23-24-18)12-5-2-1-3-6-12/h1-3,5-6,8-9,11,16H,4,7,10H2,(H,20,23,24)(H,21,22,25). The van der Waals surface area contributed by atoms with Crippen LogP contribution in [0.25, 0.3) is 22.4 Å². The number of likely N-dealkylation sites (tertiary alicyclic amines) is 1. The summed E-state index contributed by atoms with van der Waals surface area (Å²) in [6, 6.07) is 15.1. The van der Waals surface area contributed by atoms with Crippen LogP contribution in [0.1, 0.15) is 35.1 Å². The lowest BCUT2D eigenvalue weighted by molar-refractivity contribution is 0.0730. The number of nitrogens with zero attached hydrogens (tertiary/aromatic N) is 5. The van der Waals surface area contributed by atoms with Gasteiger partial charge in [-0.15, -0.1) is 0 Å². The third-order valence-corrected chi connectivity index (χ3v) is 4.93. The highest BCUT2D eigenvalue weighted by molar-refractivity contribution is 5.97. The summed E-state index contributed by atoms with van der Waals surface area (Å²) in [4.78, 5) is 19.6. The van der Waals surface area contributed by atoms with Crippen molar-refractivity contribution in [2.45, 2.75) is 18.9 Å². The van der Waals surface area contributed by atoms with Crippen molar-refractivity contribution in [3.63, 3.8) is 0 Å². The molecule has 0 aliphatic carbocycles. The first-order valence-electron chi connectivity index (χ1n) is 8.89. The highest BCUT2D eigenvalue weighted by atomic mass is 16.2. The molecular weight excluding hydrogens is 342 g/mol. The van der Waals surface area contributed by atoms with Gasteiger partial charge in [-0.25, -0.2) is 4.98 Å². The maximum atomic E-state index is 13.1. The lowest BCUT2D eigenvalue weighted by Gasteiger charge is -2.22. The number of carbonyl (C=O) groups excluding carboxylic acids is 1. The van der Waals surface area contributed by atoms with Crippen molar-refractivity contribution < 1.29 is 4.79 Å². The van der Waals surface area contributed by atoms with Crippen molar-refractivity contribution in [1.82, 2.24) is 35.5 Å². The van der Waals surface area contributed by atoms with Crippen LogP contribution in [0.4, 0.5) is 0 Å². The van der Waals surface area contributed by atoms with Crippen LogP contribution in [-0.4, -0.2) is 47.9 Å². The fourth-order valence-corrected chi connectivity index (χ4v) is 3.57. The lowest BCUT2D eigenvalue weighted by atomic mass is 10.1. The van der Waals surface area contributed by atoms with Gasteiger partial charge in [0.25, 0.3) is 5.91 Å². The first-order chi connectivity index (χ1) is 13.3. The van der Waals surface area contributed by atoms with Gasteiger partial charge in [-0.3, -0.25) is 9.89 Å². The Morgan fingerprint density at radius 2 is 1.89 bits per heavy atom. The van der Waals surface area contributed by atoms with Crippen LogP contribution in [0.15, 0.2) is 48.5 Å². The highest BCUT2D eigenvalue weighted by Gasteiger charge is 2.33. The number of rotatable bonds is 3. The molecule has 1 aliphatic rings. The average molecular weight is 359 g/mol. The molecule has 0 bridgehead atoms. The summed E-state index contributed by atoms with van der Waals surface area (Å²) in [7, 11) is 0. The van der Waals surface area contributed by atoms with Gasteiger partial charge in [0.05, 0.1) is 6.04 Å². The van der Waals surface area contributed by atoms with Gasteiger partial charge in [0.1, 0.15) is 16.9 Å². The van der Waals surface area contributed by atoms with Crippen LogP contribution < -0.4 is 0 Å². The Bertz CT molecular complexity index is 1100. The Labute approximate surface area is 154 Å². The van der Waals surface area contributed by atoms with E-state index in [1.807, 2.05) is 35.2 Å². The van der Waals surface area contributed by atoms with Crippen molar-refractivity contribution in [3.05, 3.63) is 59.9 Å². The van der Waals surface area contributed by atoms with Crippen LogP contribution in [0.3, 0.4) is 0 Å². The quantitative estimate of drug-likeness (QED) is 0.585. The number of H-pyrrole nitrogens is 2. The van der Waals surface area contributed by atoms with Gasteiger partial charge in [-0.1, -0.05) is 30.3 Å². The second kappa shape index (κ2) is 6.31. The van der Waals surface area contributed by atoms with Gasteiger partial charge < -0.3 is 4.90 Å². The summed E-state index contributed by atoms with van der Waals surface area (Å²) in [5, 5.41) is 18.0. The van der Waals surface area contributed by atoms with Gasteiger partial charge >= 0.3 is 0 Å². The van der Waals surface area contributed by atoms with Gasteiger partial charge in [0, 0.05) is 17.7 Å². The summed E-state index contributed by atoms with van der Waals surface area (Å²) < 4.78 is 0. The average Bonchev–Trinajstić information content (AvgIpc) is 3.47. The number of carbonyl (C=O) groups is 1. The van der Waals surface area contributed by atoms with E-state index in [1.54, 1.807) is 18.2 Å². The fraction of sp³-hybridized carbons (Fsp3) is 0.211. The second-order valence-corrected chi connectivity index (χ2v) is 6.59. The minimum Gasteiger partial charge on any atom is -0.328 e. The minimum absolute atomic E-state index is 0.0277. The number of aromatic amines is 2. The Kier molecular flexibility index (Phi) is 3.67. The normalized spacial score (nSPS) is 16.9. The molecule has 2 N–H and O–H groups in total. The number of aromatic nitrogens is 6. The Morgan fingerprint density at radius 3 is 2.78 bits per heavy atom. The van der Waals surface area contributed by atoms with Crippen LogP contribution in [0.5, 0.6) is 0 Å². The first kappa shape index (κ1) is 15.7. The van der Waals surface area contributed by atoms with E-state index in [4.69, 9.17) is 0 Å². The first-order valence-corrected chi connectivity index (χ1v) is 8.89. The molecule has 0 saturated carbocycles. The van der Waals surface area contributed by atoms with E-state index in [0.29, 0.717) is 23.4 Å². The molecule has 1 amide bonds. The molecule has 27 heavy (non-hydrogen) atoms. The van der Waals surface area contributed by atoms with Gasteiger partial charge in [0.15, 0.2) is 5.82 Å². The predicted octanol–water partition coefficient (Wildman–Crippen LogP) is 2.72. The molecule has 1 fully saturated rings. The van der Waals surface area contributed by atoms with Gasteiger partial charge in [-0.2, -0.15) is 20.5 Å². The molecule has 1 aliphatic heterocycles. The van der Waals surface area contributed by atoms with Crippen LogP contribution in [0.2, 0.25) is 0 Å². The molecule has 1 saturated heterocycles. The molecule has 5 rings (SSSR count). The van der Waals surface area contributed by atoms with Crippen molar-refractivity contribution in [2.24, 2.45) is 0 Å². The number of nitrogens with one attached hydrogen (secondary N) is 2. The molecule has 8 heteroatoms. The summed E-state index contributed by atoms with van der Waals surface area (Å²) in [5.74, 6) is 1.34. The largest absolute Gasteiger partial charge is 0.328 e. The zero-order valence-corrected chi connectivity index (χ0v) is 14.5. The van der Waals surface area contributed by atoms with Gasteiger partial charge in [0.2, 0.25) is 0 Å². The van der Waals surface area contributed by atoms with Crippen molar-refractivity contribution in [1.29, 1.82) is 0 Å². The zero-order valence-electron chi connectivity index (χ0n) is 14.5. The van der Waals surface area contributed by atoms with Crippen molar-refractivity contribution in [3.8, 4) is 11.4 Å². The molecule has 0 radical (unpaired) electrons. The number of benzene rings is 2. The smallest absolute Gasteiger partial charge is 0.254 e. The Balaban J connectivity index is 1.43. The molecule has 134 valence electrons. The van der Waals surface area contributed by atoms with Crippen LogP contribution in [0, 0.1) is 0 Å². The van der Waals surface area contributed by atoms with Crippen molar-refractivity contribution in [2.75, 3.05) is 6.54 Å². The van der Waals surface area contributed by atoms with E-state index < -0.39 is 0 Å². The molecule has 0 spiro atoms. The van der Waals surface area contributed by atoms with E-state index >= 15 is 0 Å². The number of hydrogen-bond acceptors (Lipinski definition) is 5. The molecule has 2 aromatic heterocycles. The Morgan fingerprint density at radius 1 is 1.04 bits per heavy atom. The van der Waals surface area contributed by atoms with Crippen LogP contribution in [-0.2, 0) is 0 Å². The number of fused-ring (bicyclic) bond motifs is 1. The SMILES string of the molecule is O=C(c1ccc2n[nH]nc2c1)N1CCCC1c1nc(-c2ccccc2)n[nH]1. The van der Waals surface area contributed by atoms with E-state index in [2.05, 4.69) is 30.6 Å². The maximum absolute atomic E-state index is 13.1. The summed E-state index contributed by atoms with van der Waals surface area (Å²) in [5.41, 5.74) is 2.98. The van der Waals surface area contributed by atoms with Gasteiger partial charge in [-0.05, 0) is 31.0 Å². The van der Waals surface area contributed by atoms with E-state index in [-0.39, 0.29) is 11.9 Å². The molecule has 1 atom stereocenters. The monoisotopic (exact) mass is 359 g/mol. The van der Waals surface area contributed by atoms with Crippen LogP contribution >= 0.6 is 0 Å². The van der Waals surface area contributed by atoms with E-state index in [0.717, 1.165) is 29.7 Å². The molecule has 2 aromatic carbocycles. The summed E-state index contributed by atoms with van der Waals surface area (Å²) in [6.07, 6.45) is 1.80. The topological polar surface area (TPSA) is 103 Å². The zero-order chi connectivity index (χ0) is 18.2. The molecular formula is C19H17N7O. The number of amides is 1. The third-order valence-electron chi connectivity index (χ3n) is 4.93. The Hall–Kier alpha value is -3.55. The second-order valence-electron chi connectivity index (χ2n) is 6.59. The number of hydrogen-bond donors (Lipinski definition) is 2. The summed E-state index contributed by atoms with van der Waals surface area (Å²) >= 11 is 0. The summed E-state index contributed by atoms with van der Waals surface area (Å²) in [6.45, 7) is 0.696. The molecule has 8 nitrogen and oxygen atoms in total. The molecule has 3 heterocycles. The predicted molar refractivity (Wildman–Crippen MR) is 98.7 cm³/mol. The molecule has 1 unspecified atom stereocenters. The fourth-order valence-electron chi connectivity index (χ4n) is 3.57. The van der Waals surface area contributed by atoms with Crippen molar-refractivity contribution >= 4 is 16.9 Å².